The molecule has 4 N–H and O–H groups in total. The van der Waals surface area contributed by atoms with E-state index in [1.165, 1.54) is 24.3 Å². The number of benzene rings is 1. The van der Waals surface area contributed by atoms with E-state index in [-0.39, 0.29) is 32.8 Å². The molecule has 2 amide bonds. The standard InChI is InChI=1S/C12H10N2O4S2/c13-9(16)5-14-11(18)8(20-12(14)19)4-6-2-1-3-7(15)10(6)17/h1-4,15,17H,5H2,(H2,13,16)/b8-4-. The summed E-state index contributed by atoms with van der Waals surface area (Å²) >= 11 is 6.00. The molecule has 1 aliphatic rings. The van der Waals surface area contributed by atoms with Crippen LogP contribution in [0.1, 0.15) is 5.56 Å². The third-order valence-electron chi connectivity index (χ3n) is 2.52. The van der Waals surface area contributed by atoms with Crippen LogP contribution in [0.4, 0.5) is 0 Å². The van der Waals surface area contributed by atoms with Gasteiger partial charge in [-0.2, -0.15) is 0 Å². The van der Waals surface area contributed by atoms with Crippen molar-refractivity contribution in [2.24, 2.45) is 5.73 Å². The lowest BCUT2D eigenvalue weighted by molar-refractivity contribution is -0.127. The van der Waals surface area contributed by atoms with E-state index in [4.69, 9.17) is 18.0 Å². The number of rotatable bonds is 3. The van der Waals surface area contributed by atoms with Gasteiger partial charge in [-0.3, -0.25) is 14.5 Å². The molecule has 0 unspecified atom stereocenters. The summed E-state index contributed by atoms with van der Waals surface area (Å²) in [5.74, 6) is -1.73. The molecule has 1 aliphatic heterocycles. The first kappa shape index (κ1) is 14.4. The maximum Gasteiger partial charge on any atom is 0.266 e. The van der Waals surface area contributed by atoms with Gasteiger partial charge in [0.25, 0.3) is 5.91 Å². The van der Waals surface area contributed by atoms with Gasteiger partial charge in [0.1, 0.15) is 10.9 Å². The van der Waals surface area contributed by atoms with Crippen molar-refractivity contribution in [3.05, 3.63) is 28.7 Å². The fraction of sp³-hybridized carbons (Fsp3) is 0.0833. The lowest BCUT2D eigenvalue weighted by Gasteiger charge is -2.10. The average Bonchev–Trinajstić information content (AvgIpc) is 2.62. The number of carbonyl (C=O) groups is 2. The van der Waals surface area contributed by atoms with Crippen LogP contribution < -0.4 is 5.73 Å². The maximum absolute atomic E-state index is 12.0. The Morgan fingerprint density at radius 2 is 2.15 bits per heavy atom. The van der Waals surface area contributed by atoms with Crippen molar-refractivity contribution in [2.75, 3.05) is 6.54 Å². The molecule has 2 rings (SSSR count). The Bertz CT molecular complexity index is 642. The first-order valence-electron chi connectivity index (χ1n) is 5.44. The molecule has 8 heteroatoms. The van der Waals surface area contributed by atoms with E-state index in [0.29, 0.717) is 0 Å². The molecule has 6 nitrogen and oxygen atoms in total. The third kappa shape index (κ3) is 2.75. The van der Waals surface area contributed by atoms with Crippen molar-refractivity contribution in [3.63, 3.8) is 0 Å². The Morgan fingerprint density at radius 1 is 1.45 bits per heavy atom. The highest BCUT2D eigenvalue weighted by atomic mass is 32.2. The number of primary amides is 1. The molecule has 0 bridgehead atoms. The summed E-state index contributed by atoms with van der Waals surface area (Å²) in [5, 5.41) is 19.1. The zero-order valence-corrected chi connectivity index (χ0v) is 11.7. The van der Waals surface area contributed by atoms with E-state index in [0.717, 1.165) is 16.7 Å². The summed E-state index contributed by atoms with van der Waals surface area (Å²) in [4.78, 5) is 24.3. The van der Waals surface area contributed by atoms with Crippen molar-refractivity contribution in [1.82, 2.24) is 4.90 Å². The van der Waals surface area contributed by atoms with Gasteiger partial charge in [0.2, 0.25) is 5.91 Å². The van der Waals surface area contributed by atoms with Crippen LogP contribution in [-0.4, -0.2) is 37.8 Å². The highest BCUT2D eigenvalue weighted by Gasteiger charge is 2.33. The normalized spacial score (nSPS) is 17.0. The van der Waals surface area contributed by atoms with Gasteiger partial charge in [0.05, 0.1) is 4.91 Å². The zero-order valence-electron chi connectivity index (χ0n) is 10.1. The summed E-state index contributed by atoms with van der Waals surface area (Å²) in [5.41, 5.74) is 5.33. The molecule has 1 saturated heterocycles. The van der Waals surface area contributed by atoms with Gasteiger partial charge in [0, 0.05) is 5.56 Å². The largest absolute Gasteiger partial charge is 0.504 e. The number of nitrogens with zero attached hydrogens (tertiary/aromatic N) is 1. The van der Waals surface area contributed by atoms with Gasteiger partial charge in [-0.15, -0.1) is 0 Å². The van der Waals surface area contributed by atoms with E-state index in [1.54, 1.807) is 0 Å². The number of para-hydroxylation sites is 1. The fourth-order valence-corrected chi connectivity index (χ4v) is 2.84. The number of phenolic OH excluding ortho intramolecular Hbond substituents is 2. The Kier molecular flexibility index (Phi) is 3.96. The molecule has 1 aromatic rings. The van der Waals surface area contributed by atoms with E-state index >= 15 is 0 Å². The van der Waals surface area contributed by atoms with E-state index < -0.39 is 11.8 Å². The summed E-state index contributed by atoms with van der Waals surface area (Å²) in [6.45, 7) is -0.284. The van der Waals surface area contributed by atoms with Crippen LogP contribution in [0.15, 0.2) is 23.1 Å². The highest BCUT2D eigenvalue weighted by Crippen LogP contribution is 2.36. The van der Waals surface area contributed by atoms with Gasteiger partial charge >= 0.3 is 0 Å². The van der Waals surface area contributed by atoms with Crippen LogP contribution in [0.5, 0.6) is 11.5 Å². The molecule has 104 valence electrons. The lowest BCUT2D eigenvalue weighted by atomic mass is 10.1. The highest BCUT2D eigenvalue weighted by molar-refractivity contribution is 8.26. The second-order valence-corrected chi connectivity index (χ2v) is 5.62. The van der Waals surface area contributed by atoms with Crippen LogP contribution in [0.25, 0.3) is 6.08 Å². The molecule has 0 aliphatic carbocycles. The Hall–Kier alpha value is -2.06. The van der Waals surface area contributed by atoms with Gasteiger partial charge in [0.15, 0.2) is 11.5 Å². The number of thiocarbonyl (C=S) groups is 1. The monoisotopic (exact) mass is 310 g/mol. The molecule has 0 spiro atoms. The maximum atomic E-state index is 12.0. The molecule has 1 heterocycles. The van der Waals surface area contributed by atoms with Crippen molar-refractivity contribution in [2.45, 2.75) is 0 Å². The summed E-state index contributed by atoms with van der Waals surface area (Å²) in [6.07, 6.45) is 1.40. The minimum Gasteiger partial charge on any atom is -0.504 e. The van der Waals surface area contributed by atoms with Crippen molar-refractivity contribution >= 4 is 46.2 Å². The number of hydrogen-bond donors (Lipinski definition) is 3. The topological polar surface area (TPSA) is 104 Å². The predicted octanol–water partition coefficient (Wildman–Crippen LogP) is 0.784. The third-order valence-corrected chi connectivity index (χ3v) is 3.90. The van der Waals surface area contributed by atoms with Crippen LogP contribution in [0, 0.1) is 0 Å². The second-order valence-electron chi connectivity index (χ2n) is 3.95. The van der Waals surface area contributed by atoms with Crippen LogP contribution in [0.3, 0.4) is 0 Å². The Balaban J connectivity index is 2.32. The van der Waals surface area contributed by atoms with Crippen molar-refractivity contribution in [3.8, 4) is 11.5 Å². The zero-order chi connectivity index (χ0) is 14.9. The van der Waals surface area contributed by atoms with Gasteiger partial charge in [-0.1, -0.05) is 36.1 Å². The molecular weight excluding hydrogens is 300 g/mol. The summed E-state index contributed by atoms with van der Waals surface area (Å²) in [7, 11) is 0. The number of phenols is 2. The number of nitrogens with two attached hydrogens (primary N) is 1. The van der Waals surface area contributed by atoms with Gasteiger partial charge < -0.3 is 15.9 Å². The lowest BCUT2D eigenvalue weighted by Crippen LogP contribution is -2.36. The Labute approximate surface area is 123 Å². The number of carbonyl (C=O) groups excluding carboxylic acids is 2. The van der Waals surface area contributed by atoms with E-state index in [2.05, 4.69) is 0 Å². The SMILES string of the molecule is NC(=O)CN1C(=O)/C(=C/c2cccc(O)c2O)SC1=S. The number of hydrogen-bond acceptors (Lipinski definition) is 6. The van der Waals surface area contributed by atoms with E-state index in [9.17, 15) is 19.8 Å². The van der Waals surface area contributed by atoms with Crippen LogP contribution in [0.2, 0.25) is 0 Å². The second kappa shape index (κ2) is 5.51. The summed E-state index contributed by atoms with van der Waals surface area (Å²) in [6, 6.07) is 4.39. The first-order valence-corrected chi connectivity index (χ1v) is 6.67. The van der Waals surface area contributed by atoms with Crippen LogP contribution in [-0.2, 0) is 9.59 Å². The fourth-order valence-electron chi connectivity index (χ4n) is 1.60. The molecule has 1 fully saturated rings. The molecule has 0 saturated carbocycles. The minimum absolute atomic E-state index is 0.222. The smallest absolute Gasteiger partial charge is 0.266 e. The molecule has 0 aromatic heterocycles. The molecule has 20 heavy (non-hydrogen) atoms. The summed E-state index contributed by atoms with van der Waals surface area (Å²) < 4.78 is 0.222. The molecule has 0 radical (unpaired) electrons. The first-order chi connectivity index (χ1) is 9.40. The van der Waals surface area contributed by atoms with Crippen molar-refractivity contribution < 1.29 is 19.8 Å². The average molecular weight is 310 g/mol. The number of amides is 2. The number of thioether (sulfide) groups is 1. The Morgan fingerprint density at radius 3 is 2.80 bits per heavy atom. The predicted molar refractivity (Wildman–Crippen MR) is 78.8 cm³/mol. The van der Waals surface area contributed by atoms with Crippen molar-refractivity contribution in [1.29, 1.82) is 0 Å². The molecule has 0 atom stereocenters. The van der Waals surface area contributed by atoms with Gasteiger partial charge in [-0.25, -0.2) is 0 Å². The number of aromatic hydroxyl groups is 2. The minimum atomic E-state index is -0.664. The molecular formula is C12H10N2O4S2. The quantitative estimate of drug-likeness (QED) is 0.433. The van der Waals surface area contributed by atoms with Gasteiger partial charge in [-0.05, 0) is 12.1 Å². The van der Waals surface area contributed by atoms with E-state index in [1.807, 2.05) is 0 Å². The molecule has 1 aromatic carbocycles. The van der Waals surface area contributed by atoms with Crippen LogP contribution >= 0.6 is 24.0 Å².